The number of methoxy groups -OCH3 is 1. The lowest BCUT2D eigenvalue weighted by Crippen LogP contribution is -2.04. The minimum atomic E-state index is -0.228. The molecule has 0 fully saturated rings. The summed E-state index contributed by atoms with van der Waals surface area (Å²) in [5, 5.41) is 7.31. The normalized spacial score (nSPS) is 10.7. The molecule has 1 aromatic heterocycles. The number of ether oxygens (including phenoxy) is 1. The third-order valence-corrected chi connectivity index (χ3v) is 3.15. The van der Waals surface area contributed by atoms with E-state index in [4.69, 9.17) is 4.74 Å². The average molecular weight is 328 g/mol. The summed E-state index contributed by atoms with van der Waals surface area (Å²) in [7, 11) is 1.65. The van der Waals surface area contributed by atoms with Gasteiger partial charge in [0.1, 0.15) is 5.82 Å². The van der Waals surface area contributed by atoms with Crippen LogP contribution < -0.4 is 5.32 Å². The summed E-state index contributed by atoms with van der Waals surface area (Å²) >= 11 is 3.23. The first-order valence-corrected chi connectivity index (χ1v) is 6.67. The van der Waals surface area contributed by atoms with Gasteiger partial charge in [-0.15, -0.1) is 0 Å². The Bertz CT molecular complexity index is 544. The lowest BCUT2D eigenvalue weighted by Gasteiger charge is -2.05. The summed E-state index contributed by atoms with van der Waals surface area (Å²) in [6.45, 7) is 1.74. The Morgan fingerprint density at radius 3 is 3.05 bits per heavy atom. The van der Waals surface area contributed by atoms with Crippen LogP contribution in [0.5, 0.6) is 0 Å². The number of aromatic nitrogens is 2. The van der Waals surface area contributed by atoms with Crippen molar-refractivity contribution in [1.82, 2.24) is 9.78 Å². The monoisotopic (exact) mass is 327 g/mol. The van der Waals surface area contributed by atoms with Gasteiger partial charge in [0.25, 0.3) is 0 Å². The van der Waals surface area contributed by atoms with E-state index in [-0.39, 0.29) is 5.82 Å². The fraction of sp³-hybridized carbons (Fsp3) is 0.308. The second-order valence-electron chi connectivity index (χ2n) is 4.07. The number of anilines is 1. The zero-order chi connectivity index (χ0) is 13.7. The molecule has 0 saturated carbocycles. The number of rotatable bonds is 6. The highest BCUT2D eigenvalue weighted by molar-refractivity contribution is 9.10. The van der Waals surface area contributed by atoms with Crippen LogP contribution in [0.1, 0.15) is 5.56 Å². The second kappa shape index (κ2) is 6.68. The lowest BCUT2D eigenvalue weighted by atomic mass is 10.2. The van der Waals surface area contributed by atoms with E-state index in [1.165, 1.54) is 6.07 Å². The first-order valence-electron chi connectivity index (χ1n) is 5.88. The molecule has 19 heavy (non-hydrogen) atoms. The topological polar surface area (TPSA) is 39.1 Å². The minimum absolute atomic E-state index is 0.228. The van der Waals surface area contributed by atoms with Crippen molar-refractivity contribution in [2.45, 2.75) is 13.1 Å². The van der Waals surface area contributed by atoms with Gasteiger partial charge in [0, 0.05) is 29.9 Å². The largest absolute Gasteiger partial charge is 0.383 e. The number of nitrogens with zero attached hydrogens (tertiary/aromatic N) is 2. The molecule has 2 rings (SSSR count). The Hall–Kier alpha value is -1.40. The van der Waals surface area contributed by atoms with E-state index in [1.807, 2.05) is 12.3 Å². The van der Waals surface area contributed by atoms with E-state index >= 15 is 0 Å². The van der Waals surface area contributed by atoms with Crippen LogP contribution in [-0.4, -0.2) is 23.5 Å². The number of benzene rings is 1. The summed E-state index contributed by atoms with van der Waals surface area (Å²) in [6.07, 6.45) is 3.59. The Morgan fingerprint density at radius 2 is 2.32 bits per heavy atom. The molecule has 0 saturated heterocycles. The Balaban J connectivity index is 1.92. The molecule has 0 aliphatic carbocycles. The van der Waals surface area contributed by atoms with Crippen molar-refractivity contribution >= 4 is 21.6 Å². The fourth-order valence-electron chi connectivity index (χ4n) is 1.62. The van der Waals surface area contributed by atoms with E-state index in [0.29, 0.717) is 25.3 Å². The van der Waals surface area contributed by atoms with Crippen LogP contribution >= 0.6 is 15.9 Å². The molecular formula is C13H15BrFN3O. The van der Waals surface area contributed by atoms with E-state index in [0.717, 1.165) is 10.2 Å². The van der Waals surface area contributed by atoms with Gasteiger partial charge in [0.05, 0.1) is 25.0 Å². The fourth-order valence-corrected chi connectivity index (χ4v) is 1.96. The van der Waals surface area contributed by atoms with Crippen LogP contribution in [0.25, 0.3) is 0 Å². The number of nitrogens with one attached hydrogen (secondary N) is 1. The molecule has 0 aliphatic heterocycles. The van der Waals surface area contributed by atoms with Crippen LogP contribution in [0.15, 0.2) is 35.1 Å². The van der Waals surface area contributed by atoms with Crippen molar-refractivity contribution in [3.05, 3.63) is 46.4 Å². The molecule has 0 atom stereocenters. The smallest absolute Gasteiger partial charge is 0.129 e. The summed E-state index contributed by atoms with van der Waals surface area (Å²) < 4.78 is 21.1. The Morgan fingerprint density at radius 1 is 1.47 bits per heavy atom. The van der Waals surface area contributed by atoms with Crippen LogP contribution in [0.3, 0.4) is 0 Å². The molecule has 1 N–H and O–H groups in total. The summed E-state index contributed by atoms with van der Waals surface area (Å²) in [5.41, 5.74) is 1.48. The molecule has 1 heterocycles. The molecule has 4 nitrogen and oxygen atoms in total. The van der Waals surface area contributed by atoms with Gasteiger partial charge >= 0.3 is 0 Å². The highest BCUT2D eigenvalue weighted by Gasteiger charge is 2.03. The zero-order valence-corrected chi connectivity index (χ0v) is 12.2. The first-order chi connectivity index (χ1) is 9.19. The molecule has 2 aromatic rings. The molecule has 0 unspecified atom stereocenters. The highest BCUT2D eigenvalue weighted by Crippen LogP contribution is 2.16. The predicted octanol–water partition coefficient (Wildman–Crippen LogP) is 3.04. The van der Waals surface area contributed by atoms with E-state index in [1.54, 1.807) is 24.1 Å². The molecule has 0 bridgehead atoms. The van der Waals surface area contributed by atoms with Crippen molar-refractivity contribution in [2.75, 3.05) is 19.0 Å². The Labute approximate surface area is 119 Å². The third kappa shape index (κ3) is 4.04. The van der Waals surface area contributed by atoms with Crippen LogP contribution in [0.2, 0.25) is 0 Å². The molecule has 0 aliphatic rings. The molecule has 0 spiro atoms. The zero-order valence-electron chi connectivity index (χ0n) is 10.6. The summed E-state index contributed by atoms with van der Waals surface area (Å²) in [6, 6.07) is 5.03. The van der Waals surface area contributed by atoms with Crippen LogP contribution in [-0.2, 0) is 17.8 Å². The van der Waals surface area contributed by atoms with Crippen LogP contribution in [0, 0.1) is 5.82 Å². The van der Waals surface area contributed by atoms with Crippen molar-refractivity contribution in [1.29, 1.82) is 0 Å². The van der Waals surface area contributed by atoms with Gasteiger partial charge in [-0.05, 0) is 12.1 Å². The van der Waals surface area contributed by atoms with Gasteiger partial charge in [-0.3, -0.25) is 4.68 Å². The van der Waals surface area contributed by atoms with Gasteiger partial charge in [-0.2, -0.15) is 5.10 Å². The van der Waals surface area contributed by atoms with Crippen molar-refractivity contribution < 1.29 is 9.13 Å². The number of hydrogen-bond acceptors (Lipinski definition) is 3. The van der Waals surface area contributed by atoms with Gasteiger partial charge in [-0.25, -0.2) is 4.39 Å². The van der Waals surface area contributed by atoms with Gasteiger partial charge in [0.2, 0.25) is 0 Å². The minimum Gasteiger partial charge on any atom is -0.383 e. The molecule has 1 aromatic carbocycles. The van der Waals surface area contributed by atoms with Gasteiger partial charge in [-0.1, -0.05) is 22.0 Å². The molecule has 6 heteroatoms. The molecule has 102 valence electrons. The second-order valence-corrected chi connectivity index (χ2v) is 4.99. The maximum Gasteiger partial charge on any atom is 0.129 e. The lowest BCUT2D eigenvalue weighted by molar-refractivity contribution is 0.183. The quantitative estimate of drug-likeness (QED) is 0.886. The van der Waals surface area contributed by atoms with Crippen molar-refractivity contribution in [3.8, 4) is 0 Å². The molecule has 0 radical (unpaired) electrons. The number of hydrogen-bond donors (Lipinski definition) is 1. The SMILES string of the molecule is COCCn1cc(NCc2ccc(Br)cc2F)cn1. The predicted molar refractivity (Wildman–Crippen MR) is 75.5 cm³/mol. The third-order valence-electron chi connectivity index (χ3n) is 2.66. The maximum atomic E-state index is 13.6. The van der Waals surface area contributed by atoms with Crippen LogP contribution in [0.4, 0.5) is 10.1 Å². The van der Waals surface area contributed by atoms with E-state index in [9.17, 15) is 4.39 Å². The standard InChI is InChI=1S/C13H15BrFN3O/c1-19-5-4-18-9-12(8-17-18)16-7-10-2-3-11(14)6-13(10)15/h2-3,6,8-9,16H,4-5,7H2,1H3. The van der Waals surface area contributed by atoms with E-state index in [2.05, 4.69) is 26.3 Å². The molecule has 0 amide bonds. The van der Waals surface area contributed by atoms with E-state index < -0.39 is 0 Å². The van der Waals surface area contributed by atoms with Crippen molar-refractivity contribution in [2.24, 2.45) is 0 Å². The van der Waals surface area contributed by atoms with Gasteiger partial charge in [0.15, 0.2) is 0 Å². The first kappa shape index (κ1) is 14.0. The molecular weight excluding hydrogens is 313 g/mol. The summed E-state index contributed by atoms with van der Waals surface area (Å²) in [5.74, 6) is -0.228. The highest BCUT2D eigenvalue weighted by atomic mass is 79.9. The van der Waals surface area contributed by atoms with Crippen molar-refractivity contribution in [3.63, 3.8) is 0 Å². The summed E-state index contributed by atoms with van der Waals surface area (Å²) in [4.78, 5) is 0. The van der Waals surface area contributed by atoms with Gasteiger partial charge < -0.3 is 10.1 Å². The number of halogens is 2. The Kier molecular flexibility index (Phi) is 4.93. The maximum absolute atomic E-state index is 13.6. The average Bonchev–Trinajstić information content (AvgIpc) is 2.83.